The quantitative estimate of drug-likeness (QED) is 0.820. The molecule has 1 aliphatic rings. The molecule has 0 radical (unpaired) electrons. The molecule has 1 fully saturated rings. The third kappa shape index (κ3) is 3.87. The predicted octanol–water partition coefficient (Wildman–Crippen LogP) is 4.17. The fourth-order valence-electron chi connectivity index (χ4n) is 3.02. The highest BCUT2D eigenvalue weighted by atomic mass is 16.4. The summed E-state index contributed by atoms with van der Waals surface area (Å²) in [5.74, 6) is -1.31. The zero-order chi connectivity index (χ0) is 16.2. The van der Waals surface area contributed by atoms with Crippen molar-refractivity contribution >= 4 is 17.6 Å². The first-order valence-electron chi connectivity index (χ1n) is 8.07. The van der Waals surface area contributed by atoms with Crippen molar-refractivity contribution in [2.24, 2.45) is 5.41 Å². The van der Waals surface area contributed by atoms with E-state index >= 15 is 0 Å². The number of anilines is 1. The molecule has 1 aliphatic carbocycles. The first kappa shape index (κ1) is 16.5. The van der Waals surface area contributed by atoms with Gasteiger partial charge in [-0.2, -0.15) is 0 Å². The fraction of sp³-hybridized carbons (Fsp3) is 0.556. The number of carboxylic acids is 1. The van der Waals surface area contributed by atoms with Gasteiger partial charge in [0.15, 0.2) is 0 Å². The topological polar surface area (TPSA) is 66.4 Å². The number of hydrogen-bond acceptors (Lipinski definition) is 2. The maximum Gasteiger partial charge on any atom is 0.310 e. The molecule has 4 nitrogen and oxygen atoms in total. The Morgan fingerprint density at radius 2 is 1.64 bits per heavy atom. The zero-order valence-corrected chi connectivity index (χ0v) is 13.4. The molecule has 0 bridgehead atoms. The lowest BCUT2D eigenvalue weighted by atomic mass is 9.81. The Labute approximate surface area is 131 Å². The van der Waals surface area contributed by atoms with E-state index in [-0.39, 0.29) is 11.3 Å². The summed E-state index contributed by atoms with van der Waals surface area (Å²) in [6, 6.07) is 7.10. The molecular formula is C18H25NO3. The normalized spacial score (nSPS) is 19.0. The molecule has 4 heteroatoms. The van der Waals surface area contributed by atoms with Gasteiger partial charge in [0.05, 0.1) is 5.92 Å². The van der Waals surface area contributed by atoms with Crippen molar-refractivity contribution in [3.8, 4) is 0 Å². The summed E-state index contributed by atoms with van der Waals surface area (Å²) in [6.45, 7) is 3.71. The van der Waals surface area contributed by atoms with Crippen LogP contribution >= 0.6 is 0 Å². The summed E-state index contributed by atoms with van der Waals surface area (Å²) in [4.78, 5) is 23.5. The standard InChI is InChI=1S/C18H25NO3/c1-13(16(20)21)14-7-9-15(10-8-14)19-17(22)18(2)11-5-3-4-6-12-18/h7-10,13H,3-6,11-12H2,1-2H3,(H,19,22)(H,20,21). The van der Waals surface area contributed by atoms with E-state index in [9.17, 15) is 9.59 Å². The van der Waals surface area contributed by atoms with E-state index in [1.165, 1.54) is 12.8 Å². The van der Waals surface area contributed by atoms with Gasteiger partial charge in [0.2, 0.25) is 5.91 Å². The van der Waals surface area contributed by atoms with Crippen LogP contribution in [0, 0.1) is 5.41 Å². The second kappa shape index (κ2) is 6.95. The maximum atomic E-state index is 12.6. The van der Waals surface area contributed by atoms with Crippen molar-refractivity contribution < 1.29 is 14.7 Å². The predicted molar refractivity (Wildman–Crippen MR) is 86.9 cm³/mol. The average Bonchev–Trinajstić information content (AvgIpc) is 2.73. The van der Waals surface area contributed by atoms with Gasteiger partial charge < -0.3 is 10.4 Å². The van der Waals surface area contributed by atoms with Crippen LogP contribution in [0.4, 0.5) is 5.69 Å². The number of hydrogen-bond donors (Lipinski definition) is 2. The van der Waals surface area contributed by atoms with Crippen LogP contribution in [-0.2, 0) is 9.59 Å². The summed E-state index contributed by atoms with van der Waals surface area (Å²) >= 11 is 0. The monoisotopic (exact) mass is 303 g/mol. The highest BCUT2D eigenvalue weighted by Gasteiger charge is 2.33. The summed E-state index contributed by atoms with van der Waals surface area (Å²) in [6.07, 6.45) is 6.52. The smallest absolute Gasteiger partial charge is 0.310 e. The second-order valence-electron chi connectivity index (χ2n) is 6.61. The maximum absolute atomic E-state index is 12.6. The molecule has 22 heavy (non-hydrogen) atoms. The molecule has 1 saturated carbocycles. The minimum Gasteiger partial charge on any atom is -0.481 e. The van der Waals surface area contributed by atoms with E-state index in [0.29, 0.717) is 0 Å². The van der Waals surface area contributed by atoms with Crippen LogP contribution in [0.2, 0.25) is 0 Å². The first-order valence-corrected chi connectivity index (χ1v) is 8.07. The summed E-state index contributed by atoms with van der Waals surface area (Å²) in [5, 5.41) is 12.0. The van der Waals surface area contributed by atoms with E-state index < -0.39 is 11.9 Å². The van der Waals surface area contributed by atoms with Crippen LogP contribution in [0.1, 0.15) is 63.9 Å². The number of carbonyl (C=O) groups is 2. The number of amides is 1. The molecule has 0 aliphatic heterocycles. The van der Waals surface area contributed by atoms with Gasteiger partial charge in [-0.1, -0.05) is 44.7 Å². The van der Waals surface area contributed by atoms with Gasteiger partial charge in [0.1, 0.15) is 0 Å². The summed E-state index contributed by atoms with van der Waals surface area (Å²) in [5.41, 5.74) is 1.19. The van der Waals surface area contributed by atoms with Crippen LogP contribution in [0.15, 0.2) is 24.3 Å². The van der Waals surface area contributed by atoms with Gasteiger partial charge in [-0.15, -0.1) is 0 Å². The molecular weight excluding hydrogens is 278 g/mol. The van der Waals surface area contributed by atoms with Crippen LogP contribution in [0.5, 0.6) is 0 Å². The van der Waals surface area contributed by atoms with E-state index in [1.54, 1.807) is 31.2 Å². The molecule has 120 valence electrons. The molecule has 0 heterocycles. The van der Waals surface area contributed by atoms with Crippen LogP contribution in [0.3, 0.4) is 0 Å². The molecule has 1 unspecified atom stereocenters. The van der Waals surface area contributed by atoms with Crippen molar-refractivity contribution in [3.63, 3.8) is 0 Å². The van der Waals surface area contributed by atoms with Gasteiger partial charge in [0.25, 0.3) is 0 Å². The molecule has 2 rings (SSSR count). The van der Waals surface area contributed by atoms with E-state index in [0.717, 1.165) is 36.9 Å². The van der Waals surface area contributed by atoms with E-state index in [1.807, 2.05) is 0 Å². The Kier molecular flexibility index (Phi) is 5.22. The Bertz CT molecular complexity index is 528. The second-order valence-corrected chi connectivity index (χ2v) is 6.61. The third-order valence-corrected chi connectivity index (χ3v) is 4.79. The Hall–Kier alpha value is -1.84. The highest BCUT2D eigenvalue weighted by Crippen LogP contribution is 2.35. The molecule has 1 amide bonds. The van der Waals surface area contributed by atoms with E-state index in [2.05, 4.69) is 12.2 Å². The Balaban J connectivity index is 2.03. The van der Waals surface area contributed by atoms with Crippen molar-refractivity contribution in [3.05, 3.63) is 29.8 Å². The molecule has 2 N–H and O–H groups in total. The fourth-order valence-corrected chi connectivity index (χ4v) is 3.02. The lowest BCUT2D eigenvalue weighted by Gasteiger charge is -2.26. The highest BCUT2D eigenvalue weighted by molar-refractivity contribution is 5.95. The zero-order valence-electron chi connectivity index (χ0n) is 13.4. The van der Waals surface area contributed by atoms with Crippen LogP contribution in [0.25, 0.3) is 0 Å². The SMILES string of the molecule is CC(C(=O)O)c1ccc(NC(=O)C2(C)CCCCCC2)cc1. The van der Waals surface area contributed by atoms with Gasteiger partial charge in [-0.3, -0.25) is 9.59 Å². The minimum absolute atomic E-state index is 0.0773. The number of carbonyl (C=O) groups excluding carboxylic acids is 1. The van der Waals surface area contributed by atoms with Crippen LogP contribution < -0.4 is 5.32 Å². The van der Waals surface area contributed by atoms with Gasteiger partial charge >= 0.3 is 5.97 Å². The third-order valence-electron chi connectivity index (χ3n) is 4.79. The molecule has 0 spiro atoms. The van der Waals surface area contributed by atoms with Gasteiger partial charge in [0, 0.05) is 11.1 Å². The molecule has 0 saturated heterocycles. The van der Waals surface area contributed by atoms with Crippen molar-refractivity contribution in [2.75, 3.05) is 5.32 Å². The van der Waals surface area contributed by atoms with E-state index in [4.69, 9.17) is 5.11 Å². The number of aliphatic carboxylic acids is 1. The number of benzene rings is 1. The lowest BCUT2D eigenvalue weighted by molar-refractivity contribution is -0.138. The summed E-state index contributed by atoms with van der Waals surface area (Å²) in [7, 11) is 0. The lowest BCUT2D eigenvalue weighted by Crippen LogP contribution is -2.33. The number of nitrogens with one attached hydrogen (secondary N) is 1. The number of rotatable bonds is 4. The first-order chi connectivity index (χ1) is 10.4. The Morgan fingerprint density at radius 3 is 2.14 bits per heavy atom. The largest absolute Gasteiger partial charge is 0.481 e. The molecule has 0 aromatic heterocycles. The van der Waals surface area contributed by atoms with Crippen molar-refractivity contribution in [1.82, 2.24) is 0 Å². The molecule has 1 aromatic carbocycles. The van der Waals surface area contributed by atoms with Crippen molar-refractivity contribution in [2.45, 2.75) is 58.3 Å². The minimum atomic E-state index is -0.845. The van der Waals surface area contributed by atoms with Crippen LogP contribution in [-0.4, -0.2) is 17.0 Å². The van der Waals surface area contributed by atoms with Gasteiger partial charge in [-0.25, -0.2) is 0 Å². The summed E-state index contributed by atoms with van der Waals surface area (Å²) < 4.78 is 0. The van der Waals surface area contributed by atoms with Gasteiger partial charge in [-0.05, 0) is 37.5 Å². The average molecular weight is 303 g/mol. The Morgan fingerprint density at radius 1 is 1.09 bits per heavy atom. The molecule has 1 aromatic rings. The number of carboxylic acid groups (broad SMARTS) is 1. The molecule has 1 atom stereocenters. The van der Waals surface area contributed by atoms with Crippen molar-refractivity contribution in [1.29, 1.82) is 0 Å².